The quantitative estimate of drug-likeness (QED) is 0.553. The Balaban J connectivity index is 1.53. The molecule has 0 saturated carbocycles. The molecule has 10 heteroatoms. The Labute approximate surface area is 167 Å². The molecule has 0 amide bonds. The van der Waals surface area contributed by atoms with E-state index in [-0.39, 0.29) is 17.4 Å². The fraction of sp³-hybridized carbons (Fsp3) is 0.211. The van der Waals surface area contributed by atoms with Crippen molar-refractivity contribution < 1.29 is 27.2 Å². The maximum absolute atomic E-state index is 12.2. The summed E-state index contributed by atoms with van der Waals surface area (Å²) in [5.41, 5.74) is 1.60. The van der Waals surface area contributed by atoms with E-state index in [4.69, 9.17) is 14.0 Å². The molecule has 0 bridgehead atoms. The number of rotatable bonds is 8. The van der Waals surface area contributed by atoms with Gasteiger partial charge in [-0.2, -0.15) is 9.71 Å². The Hall–Kier alpha value is -3.24. The number of hydrogen-bond acceptors (Lipinski definition) is 8. The van der Waals surface area contributed by atoms with E-state index in [9.17, 15) is 13.2 Å². The van der Waals surface area contributed by atoms with Crippen LogP contribution in [0, 0.1) is 6.92 Å². The highest BCUT2D eigenvalue weighted by Crippen LogP contribution is 2.21. The highest BCUT2D eigenvalue weighted by atomic mass is 32.2. The number of esters is 1. The van der Waals surface area contributed by atoms with Gasteiger partial charge in [0.2, 0.25) is 15.8 Å². The summed E-state index contributed by atoms with van der Waals surface area (Å²) in [6.07, 6.45) is 0. The molecule has 2 aromatic carbocycles. The van der Waals surface area contributed by atoms with Crippen LogP contribution >= 0.6 is 0 Å². The van der Waals surface area contributed by atoms with Crippen molar-refractivity contribution in [3.63, 3.8) is 0 Å². The normalized spacial score (nSPS) is 11.2. The lowest BCUT2D eigenvalue weighted by Gasteiger charge is -2.06. The Bertz CT molecular complexity index is 1090. The molecule has 0 radical (unpaired) electrons. The molecule has 0 aliphatic heterocycles. The van der Waals surface area contributed by atoms with Gasteiger partial charge in [-0.1, -0.05) is 35.0 Å². The van der Waals surface area contributed by atoms with Crippen LogP contribution in [0.25, 0.3) is 11.4 Å². The summed E-state index contributed by atoms with van der Waals surface area (Å²) < 4.78 is 41.7. The van der Waals surface area contributed by atoms with Gasteiger partial charge < -0.3 is 14.0 Å². The molecule has 1 N–H and O–H groups in total. The summed E-state index contributed by atoms with van der Waals surface area (Å²) in [5, 5.41) is 3.83. The second-order valence-corrected chi connectivity index (χ2v) is 7.81. The Morgan fingerprint density at radius 1 is 1.17 bits per heavy atom. The van der Waals surface area contributed by atoms with Crippen LogP contribution in [0.4, 0.5) is 0 Å². The molecular formula is C19H19N3O6S. The molecule has 1 aromatic heterocycles. The van der Waals surface area contributed by atoms with E-state index in [0.29, 0.717) is 17.1 Å². The summed E-state index contributed by atoms with van der Waals surface area (Å²) >= 11 is 0. The average Bonchev–Trinajstić information content (AvgIpc) is 3.20. The number of nitrogens with zero attached hydrogens (tertiary/aromatic N) is 2. The average molecular weight is 417 g/mol. The van der Waals surface area contributed by atoms with Gasteiger partial charge in [-0.25, -0.2) is 8.42 Å². The maximum atomic E-state index is 12.2. The zero-order valence-corrected chi connectivity index (χ0v) is 16.6. The molecular weight excluding hydrogens is 398 g/mol. The predicted molar refractivity (Wildman–Crippen MR) is 102 cm³/mol. The molecule has 29 heavy (non-hydrogen) atoms. The van der Waals surface area contributed by atoms with E-state index in [0.717, 1.165) is 5.56 Å². The van der Waals surface area contributed by atoms with Gasteiger partial charge in [0.1, 0.15) is 12.3 Å². The first kappa shape index (κ1) is 20.5. The monoisotopic (exact) mass is 417 g/mol. The van der Waals surface area contributed by atoms with Crippen LogP contribution in [0.1, 0.15) is 11.5 Å². The summed E-state index contributed by atoms with van der Waals surface area (Å²) in [6, 6.07) is 13.3. The van der Waals surface area contributed by atoms with Gasteiger partial charge in [0.05, 0.1) is 12.0 Å². The minimum absolute atomic E-state index is 0.0655. The van der Waals surface area contributed by atoms with E-state index < -0.39 is 22.5 Å². The summed E-state index contributed by atoms with van der Waals surface area (Å²) in [5.74, 6) is 0.260. The third-order valence-electron chi connectivity index (χ3n) is 3.89. The standard InChI is InChI=1S/C19H19N3O6S/c1-13-6-8-16(9-7-13)29(24,25)20-11-18(23)27-12-17-21-19(22-28-17)14-4-3-5-15(10-14)26-2/h3-10,20H,11-12H2,1-2H3. The van der Waals surface area contributed by atoms with Gasteiger partial charge in [0, 0.05) is 5.56 Å². The summed E-state index contributed by atoms with van der Waals surface area (Å²) in [6.45, 7) is 1.05. The van der Waals surface area contributed by atoms with Crippen molar-refractivity contribution in [3.8, 4) is 17.1 Å². The molecule has 0 aliphatic rings. The molecule has 152 valence electrons. The van der Waals surface area contributed by atoms with Crippen LogP contribution in [0.15, 0.2) is 57.9 Å². The van der Waals surface area contributed by atoms with Crippen molar-refractivity contribution >= 4 is 16.0 Å². The summed E-state index contributed by atoms with van der Waals surface area (Å²) in [4.78, 5) is 16.1. The molecule has 0 fully saturated rings. The molecule has 0 aliphatic carbocycles. The predicted octanol–water partition coefficient (Wildman–Crippen LogP) is 2.08. The molecule has 9 nitrogen and oxygen atoms in total. The number of sulfonamides is 1. The fourth-order valence-corrected chi connectivity index (χ4v) is 3.31. The number of hydrogen-bond donors (Lipinski definition) is 1. The molecule has 3 aromatic rings. The lowest BCUT2D eigenvalue weighted by Crippen LogP contribution is -2.30. The number of carbonyl (C=O) groups excluding carboxylic acids is 1. The third-order valence-corrected chi connectivity index (χ3v) is 5.31. The van der Waals surface area contributed by atoms with Crippen molar-refractivity contribution in [3.05, 3.63) is 60.0 Å². The van der Waals surface area contributed by atoms with Crippen molar-refractivity contribution in [2.24, 2.45) is 0 Å². The Kier molecular flexibility index (Phi) is 6.25. The van der Waals surface area contributed by atoms with E-state index in [1.807, 2.05) is 6.92 Å². The van der Waals surface area contributed by atoms with Crippen molar-refractivity contribution in [2.45, 2.75) is 18.4 Å². The van der Waals surface area contributed by atoms with Crippen molar-refractivity contribution in [1.29, 1.82) is 0 Å². The molecule has 0 atom stereocenters. The lowest BCUT2D eigenvalue weighted by molar-refractivity contribution is -0.144. The highest BCUT2D eigenvalue weighted by Gasteiger charge is 2.17. The number of ether oxygens (including phenoxy) is 2. The first-order valence-corrected chi connectivity index (χ1v) is 10.0. The minimum Gasteiger partial charge on any atom is -0.497 e. The maximum Gasteiger partial charge on any atom is 0.321 e. The van der Waals surface area contributed by atoms with Crippen LogP contribution in [-0.2, 0) is 26.2 Å². The number of aryl methyl sites for hydroxylation is 1. The zero-order chi connectivity index (χ0) is 20.9. The molecule has 3 rings (SSSR count). The van der Waals surface area contributed by atoms with Gasteiger partial charge in [-0.05, 0) is 31.2 Å². The molecule has 1 heterocycles. The van der Waals surface area contributed by atoms with Gasteiger partial charge in [0.25, 0.3) is 5.89 Å². The zero-order valence-electron chi connectivity index (χ0n) is 15.8. The van der Waals surface area contributed by atoms with Crippen LogP contribution in [0.2, 0.25) is 0 Å². The number of carbonyl (C=O) groups is 1. The second kappa shape index (κ2) is 8.84. The second-order valence-electron chi connectivity index (χ2n) is 6.04. The number of nitrogens with one attached hydrogen (secondary N) is 1. The van der Waals surface area contributed by atoms with Crippen LogP contribution in [0.5, 0.6) is 5.75 Å². The first-order chi connectivity index (χ1) is 13.9. The number of methoxy groups -OCH3 is 1. The van der Waals surface area contributed by atoms with Crippen LogP contribution in [-0.4, -0.2) is 38.2 Å². The van der Waals surface area contributed by atoms with Crippen LogP contribution in [0.3, 0.4) is 0 Å². The molecule has 0 unspecified atom stereocenters. The molecule has 0 spiro atoms. The van der Waals surface area contributed by atoms with Gasteiger partial charge in [0.15, 0.2) is 6.61 Å². The van der Waals surface area contributed by atoms with Gasteiger partial charge >= 0.3 is 5.97 Å². The van der Waals surface area contributed by atoms with E-state index in [2.05, 4.69) is 14.9 Å². The SMILES string of the molecule is COc1cccc(-c2noc(COC(=O)CNS(=O)(=O)c3ccc(C)cc3)n2)c1. The number of aromatic nitrogens is 2. The van der Waals surface area contributed by atoms with E-state index in [1.54, 1.807) is 43.5 Å². The fourth-order valence-electron chi connectivity index (χ4n) is 2.34. The Morgan fingerprint density at radius 2 is 1.93 bits per heavy atom. The largest absolute Gasteiger partial charge is 0.497 e. The minimum atomic E-state index is -3.81. The topological polar surface area (TPSA) is 121 Å². The van der Waals surface area contributed by atoms with E-state index >= 15 is 0 Å². The third kappa shape index (κ3) is 5.39. The van der Waals surface area contributed by atoms with Crippen molar-refractivity contribution in [1.82, 2.24) is 14.9 Å². The van der Waals surface area contributed by atoms with Gasteiger partial charge in [-0.3, -0.25) is 4.79 Å². The van der Waals surface area contributed by atoms with Crippen LogP contribution < -0.4 is 9.46 Å². The Morgan fingerprint density at radius 3 is 2.66 bits per heavy atom. The van der Waals surface area contributed by atoms with Gasteiger partial charge in [-0.15, -0.1) is 0 Å². The first-order valence-electron chi connectivity index (χ1n) is 8.56. The molecule has 0 saturated heterocycles. The smallest absolute Gasteiger partial charge is 0.321 e. The highest BCUT2D eigenvalue weighted by molar-refractivity contribution is 7.89. The number of benzene rings is 2. The van der Waals surface area contributed by atoms with Crippen molar-refractivity contribution in [2.75, 3.05) is 13.7 Å². The lowest BCUT2D eigenvalue weighted by atomic mass is 10.2. The summed E-state index contributed by atoms with van der Waals surface area (Å²) in [7, 11) is -2.26. The van der Waals surface area contributed by atoms with E-state index in [1.165, 1.54) is 12.1 Å².